The maximum Gasteiger partial charge on any atom is 0.222 e. The smallest absolute Gasteiger partial charge is 0.222 e. The third kappa shape index (κ3) is 2.12. The van der Waals surface area contributed by atoms with Crippen LogP contribution in [-0.2, 0) is 11.3 Å². The highest BCUT2D eigenvalue weighted by atomic mass is 19.1. The van der Waals surface area contributed by atoms with Crippen LogP contribution in [0.4, 0.5) is 14.7 Å². The number of ether oxygens (including phenoxy) is 1. The number of methoxy groups -OCH3 is 1. The van der Waals surface area contributed by atoms with Gasteiger partial charge in [0.25, 0.3) is 0 Å². The van der Waals surface area contributed by atoms with Gasteiger partial charge in [-0.15, -0.1) is 0 Å². The summed E-state index contributed by atoms with van der Waals surface area (Å²) in [5.41, 5.74) is 5.54. The van der Waals surface area contributed by atoms with Gasteiger partial charge >= 0.3 is 0 Å². The second kappa shape index (κ2) is 4.50. The van der Waals surface area contributed by atoms with Gasteiger partial charge in [0, 0.05) is 24.3 Å². The van der Waals surface area contributed by atoms with Crippen LogP contribution in [0.3, 0.4) is 0 Å². The summed E-state index contributed by atoms with van der Waals surface area (Å²) in [5, 5.41) is 3.57. The quantitative estimate of drug-likeness (QED) is 0.894. The summed E-state index contributed by atoms with van der Waals surface area (Å²) in [6.45, 7) is -0.154. The number of aromatic nitrogens is 1. The Morgan fingerprint density at radius 3 is 2.76 bits per heavy atom. The Kier molecular flexibility index (Phi) is 3.06. The molecular formula is C11H10F2N2O2. The van der Waals surface area contributed by atoms with Crippen LogP contribution >= 0.6 is 0 Å². The van der Waals surface area contributed by atoms with Gasteiger partial charge in [0.2, 0.25) is 5.88 Å². The minimum atomic E-state index is -0.722. The van der Waals surface area contributed by atoms with Crippen molar-refractivity contribution in [3.63, 3.8) is 0 Å². The fraction of sp³-hybridized carbons (Fsp3) is 0.182. The van der Waals surface area contributed by atoms with Gasteiger partial charge in [-0.25, -0.2) is 8.78 Å². The molecule has 0 spiro atoms. The van der Waals surface area contributed by atoms with Gasteiger partial charge in [-0.05, 0) is 12.1 Å². The maximum atomic E-state index is 14.0. The van der Waals surface area contributed by atoms with Crippen LogP contribution in [0.5, 0.6) is 0 Å². The molecule has 0 bridgehead atoms. The van der Waals surface area contributed by atoms with E-state index in [2.05, 4.69) is 9.68 Å². The lowest BCUT2D eigenvalue weighted by molar-refractivity contribution is 0.177. The van der Waals surface area contributed by atoms with E-state index < -0.39 is 11.6 Å². The van der Waals surface area contributed by atoms with Gasteiger partial charge in [0.1, 0.15) is 17.3 Å². The molecule has 0 amide bonds. The molecule has 1 heterocycles. The SMILES string of the molecule is COCc1c(F)ccc(-c2cc(N)on2)c1F. The lowest BCUT2D eigenvalue weighted by atomic mass is 10.1. The van der Waals surface area contributed by atoms with E-state index in [1.165, 1.54) is 19.2 Å². The average Bonchev–Trinajstić information content (AvgIpc) is 2.71. The highest BCUT2D eigenvalue weighted by molar-refractivity contribution is 5.63. The minimum Gasteiger partial charge on any atom is -0.380 e. The summed E-state index contributed by atoms with van der Waals surface area (Å²) in [7, 11) is 1.36. The fourth-order valence-corrected chi connectivity index (χ4v) is 1.49. The highest BCUT2D eigenvalue weighted by Gasteiger charge is 2.17. The van der Waals surface area contributed by atoms with Crippen molar-refractivity contribution < 1.29 is 18.0 Å². The number of benzene rings is 1. The lowest BCUT2D eigenvalue weighted by Crippen LogP contribution is -1.99. The van der Waals surface area contributed by atoms with Crippen molar-refractivity contribution in [2.45, 2.75) is 6.61 Å². The van der Waals surface area contributed by atoms with Crippen molar-refractivity contribution in [2.24, 2.45) is 0 Å². The van der Waals surface area contributed by atoms with E-state index in [9.17, 15) is 8.78 Å². The summed E-state index contributed by atoms with van der Waals surface area (Å²) >= 11 is 0. The van der Waals surface area contributed by atoms with Crippen molar-refractivity contribution in [3.8, 4) is 11.3 Å². The van der Waals surface area contributed by atoms with E-state index in [0.717, 1.165) is 6.07 Å². The molecule has 0 unspecified atom stereocenters. The molecule has 1 aromatic carbocycles. The third-order valence-electron chi connectivity index (χ3n) is 2.28. The summed E-state index contributed by atoms with van der Waals surface area (Å²) < 4.78 is 36.7. The van der Waals surface area contributed by atoms with Gasteiger partial charge in [-0.2, -0.15) is 0 Å². The molecule has 1 aromatic heterocycles. The standard InChI is InChI=1S/C11H10F2N2O2/c1-16-5-7-8(12)3-2-6(11(7)13)9-4-10(14)17-15-9/h2-4H,5,14H2,1H3. The first-order chi connectivity index (χ1) is 8.13. The van der Waals surface area contributed by atoms with Crippen LogP contribution in [0, 0.1) is 11.6 Å². The van der Waals surface area contributed by atoms with E-state index in [1.54, 1.807) is 0 Å². The Hall–Kier alpha value is -1.95. The molecule has 0 saturated heterocycles. The number of halogens is 2. The Balaban J connectivity index is 2.52. The predicted molar refractivity (Wildman–Crippen MR) is 57.0 cm³/mol. The zero-order valence-corrected chi connectivity index (χ0v) is 9.04. The van der Waals surface area contributed by atoms with E-state index >= 15 is 0 Å². The molecule has 2 rings (SSSR count). The molecular weight excluding hydrogens is 230 g/mol. The summed E-state index contributed by atoms with van der Waals surface area (Å²) in [5.74, 6) is -1.32. The van der Waals surface area contributed by atoms with Crippen LogP contribution < -0.4 is 5.73 Å². The fourth-order valence-electron chi connectivity index (χ4n) is 1.49. The Morgan fingerprint density at radius 1 is 1.41 bits per heavy atom. The molecule has 4 nitrogen and oxygen atoms in total. The molecule has 0 fully saturated rings. The molecule has 17 heavy (non-hydrogen) atoms. The zero-order valence-electron chi connectivity index (χ0n) is 9.04. The molecule has 6 heteroatoms. The summed E-state index contributed by atoms with van der Waals surface area (Å²) in [6.07, 6.45) is 0. The Bertz CT molecular complexity index is 540. The van der Waals surface area contributed by atoms with Gasteiger partial charge in [-0.3, -0.25) is 0 Å². The van der Waals surface area contributed by atoms with Gasteiger partial charge in [-0.1, -0.05) is 5.16 Å². The maximum absolute atomic E-state index is 14.0. The normalized spacial score (nSPS) is 10.8. The lowest BCUT2D eigenvalue weighted by Gasteiger charge is -2.06. The van der Waals surface area contributed by atoms with Gasteiger partial charge < -0.3 is 15.0 Å². The third-order valence-corrected chi connectivity index (χ3v) is 2.28. The molecule has 0 aliphatic heterocycles. The number of anilines is 1. The van der Waals surface area contributed by atoms with E-state index in [1.807, 2.05) is 0 Å². The van der Waals surface area contributed by atoms with Crippen LogP contribution in [0.25, 0.3) is 11.3 Å². The molecule has 90 valence electrons. The minimum absolute atomic E-state index is 0.0667. The van der Waals surface area contributed by atoms with Crippen LogP contribution in [0.15, 0.2) is 22.7 Å². The summed E-state index contributed by atoms with van der Waals surface area (Å²) in [6, 6.07) is 3.80. The molecule has 0 aliphatic carbocycles. The van der Waals surface area contributed by atoms with Crippen molar-refractivity contribution >= 4 is 5.88 Å². The van der Waals surface area contributed by atoms with Crippen molar-refractivity contribution in [3.05, 3.63) is 35.4 Å². The first-order valence-electron chi connectivity index (χ1n) is 4.82. The van der Waals surface area contributed by atoms with Crippen LogP contribution in [0.1, 0.15) is 5.56 Å². The second-order valence-corrected chi connectivity index (χ2v) is 3.44. The number of nitrogen functional groups attached to an aromatic ring is 1. The number of hydrogen-bond donors (Lipinski definition) is 1. The largest absolute Gasteiger partial charge is 0.380 e. The molecule has 0 atom stereocenters. The first-order valence-corrected chi connectivity index (χ1v) is 4.82. The van der Waals surface area contributed by atoms with E-state index in [-0.39, 0.29) is 29.3 Å². The van der Waals surface area contributed by atoms with Crippen LogP contribution in [0.2, 0.25) is 0 Å². The highest BCUT2D eigenvalue weighted by Crippen LogP contribution is 2.27. The van der Waals surface area contributed by atoms with E-state index in [0.29, 0.717) is 0 Å². The van der Waals surface area contributed by atoms with Crippen molar-refractivity contribution in [2.75, 3.05) is 12.8 Å². The number of nitrogens with two attached hydrogens (primary N) is 1. The number of hydrogen-bond acceptors (Lipinski definition) is 4. The van der Waals surface area contributed by atoms with Gasteiger partial charge in [0.05, 0.1) is 6.61 Å². The number of nitrogens with zero attached hydrogens (tertiary/aromatic N) is 1. The molecule has 2 N–H and O–H groups in total. The summed E-state index contributed by atoms with van der Waals surface area (Å²) in [4.78, 5) is 0. The monoisotopic (exact) mass is 240 g/mol. The van der Waals surface area contributed by atoms with Crippen molar-refractivity contribution in [1.82, 2.24) is 5.16 Å². The molecule has 0 aliphatic rings. The van der Waals surface area contributed by atoms with Crippen LogP contribution in [-0.4, -0.2) is 12.3 Å². The zero-order chi connectivity index (χ0) is 12.4. The predicted octanol–water partition coefficient (Wildman–Crippen LogP) is 2.35. The first kappa shape index (κ1) is 11.5. The van der Waals surface area contributed by atoms with Crippen molar-refractivity contribution in [1.29, 1.82) is 0 Å². The Labute approximate surface area is 96.0 Å². The molecule has 0 saturated carbocycles. The second-order valence-electron chi connectivity index (χ2n) is 3.44. The van der Waals surface area contributed by atoms with Gasteiger partial charge in [0.15, 0.2) is 0 Å². The van der Waals surface area contributed by atoms with E-state index in [4.69, 9.17) is 10.5 Å². The Morgan fingerprint density at radius 2 is 2.18 bits per heavy atom. The molecule has 2 aromatic rings. The molecule has 0 radical (unpaired) electrons. The topological polar surface area (TPSA) is 61.3 Å². The average molecular weight is 240 g/mol. The number of rotatable bonds is 3.